The van der Waals surface area contributed by atoms with Crippen molar-refractivity contribution in [3.05, 3.63) is 0 Å². The lowest BCUT2D eigenvalue weighted by Gasteiger charge is -2.36. The van der Waals surface area contributed by atoms with Gasteiger partial charge in [0.1, 0.15) is 0 Å². The van der Waals surface area contributed by atoms with Crippen molar-refractivity contribution < 1.29 is 0 Å². The van der Waals surface area contributed by atoms with Gasteiger partial charge in [0.2, 0.25) is 0 Å². The Hall–Kier alpha value is 0. The number of hydrogen-bond donors (Lipinski definition) is 0. The molecule has 3 aliphatic rings. The monoisotopic (exact) mass is 332 g/mol. The van der Waals surface area contributed by atoms with Gasteiger partial charge in [-0.15, -0.1) is 0 Å². The maximum absolute atomic E-state index is 2.45. The van der Waals surface area contributed by atoms with Crippen molar-refractivity contribution >= 4 is 0 Å². The molecule has 0 aliphatic heterocycles. The molecule has 3 rings (SSSR count). The standard InChI is InChI=1S/C24H44/c1-2-20-17-23(15-13-21-9-5-3-6-10-21)19-24(18-20)16-14-22-11-7-4-8-12-22/h20-24H,2-19H2,1H3. The summed E-state index contributed by atoms with van der Waals surface area (Å²) < 4.78 is 0. The Kier molecular flexibility index (Phi) is 8.00. The molecule has 0 bridgehead atoms. The van der Waals surface area contributed by atoms with Crippen LogP contribution in [0.1, 0.15) is 122 Å². The Morgan fingerprint density at radius 3 is 1.25 bits per heavy atom. The molecule has 0 spiro atoms. The molecular formula is C24H44. The van der Waals surface area contributed by atoms with Crippen LogP contribution in [0.25, 0.3) is 0 Å². The predicted molar refractivity (Wildman–Crippen MR) is 106 cm³/mol. The lowest BCUT2D eigenvalue weighted by Crippen LogP contribution is -2.24. The van der Waals surface area contributed by atoms with E-state index in [-0.39, 0.29) is 0 Å². The van der Waals surface area contributed by atoms with Gasteiger partial charge in [0, 0.05) is 0 Å². The Morgan fingerprint density at radius 2 is 0.833 bits per heavy atom. The smallest absolute Gasteiger partial charge is 0.0409 e. The summed E-state index contributed by atoms with van der Waals surface area (Å²) >= 11 is 0. The van der Waals surface area contributed by atoms with Crippen molar-refractivity contribution in [3.63, 3.8) is 0 Å². The van der Waals surface area contributed by atoms with Crippen molar-refractivity contribution in [1.82, 2.24) is 0 Å². The molecule has 3 saturated carbocycles. The summed E-state index contributed by atoms with van der Waals surface area (Å²) in [6.45, 7) is 2.45. The van der Waals surface area contributed by atoms with Crippen LogP contribution >= 0.6 is 0 Å². The molecule has 2 atom stereocenters. The average molecular weight is 333 g/mol. The summed E-state index contributed by atoms with van der Waals surface area (Å²) in [5.74, 6) is 5.43. The molecule has 2 unspecified atom stereocenters. The van der Waals surface area contributed by atoms with Gasteiger partial charge in [0.25, 0.3) is 0 Å². The third-order valence-electron chi connectivity index (χ3n) is 7.99. The zero-order valence-electron chi connectivity index (χ0n) is 16.6. The molecule has 0 aromatic rings. The first-order valence-electron chi connectivity index (χ1n) is 11.8. The van der Waals surface area contributed by atoms with E-state index in [1.807, 2.05) is 0 Å². The lowest BCUT2D eigenvalue weighted by atomic mass is 9.69. The first-order valence-corrected chi connectivity index (χ1v) is 11.8. The van der Waals surface area contributed by atoms with Crippen molar-refractivity contribution in [2.75, 3.05) is 0 Å². The SMILES string of the molecule is CCC1CC(CCC2CCCCC2)CC(CCC2CCCCC2)C1. The summed E-state index contributed by atoms with van der Waals surface area (Å²) in [6, 6.07) is 0. The van der Waals surface area contributed by atoms with Gasteiger partial charge in [-0.2, -0.15) is 0 Å². The maximum Gasteiger partial charge on any atom is -0.0409 e. The quantitative estimate of drug-likeness (QED) is 0.441. The third-order valence-corrected chi connectivity index (χ3v) is 7.99. The van der Waals surface area contributed by atoms with Gasteiger partial charge in [0.15, 0.2) is 0 Å². The zero-order valence-corrected chi connectivity index (χ0v) is 16.6. The van der Waals surface area contributed by atoms with E-state index < -0.39 is 0 Å². The van der Waals surface area contributed by atoms with Crippen LogP contribution in [0.2, 0.25) is 0 Å². The van der Waals surface area contributed by atoms with E-state index >= 15 is 0 Å². The maximum atomic E-state index is 2.45. The normalized spacial score (nSPS) is 33.6. The van der Waals surface area contributed by atoms with Crippen molar-refractivity contribution in [2.24, 2.45) is 29.6 Å². The second kappa shape index (κ2) is 10.2. The highest BCUT2D eigenvalue weighted by molar-refractivity contribution is 4.81. The summed E-state index contributed by atoms with van der Waals surface area (Å²) in [5, 5.41) is 0. The highest BCUT2D eigenvalue weighted by Crippen LogP contribution is 2.42. The van der Waals surface area contributed by atoms with E-state index in [4.69, 9.17) is 0 Å². The lowest BCUT2D eigenvalue weighted by molar-refractivity contribution is 0.154. The summed E-state index contributed by atoms with van der Waals surface area (Å²) in [5.41, 5.74) is 0. The average Bonchev–Trinajstić information content (AvgIpc) is 2.66. The molecule has 140 valence electrons. The van der Waals surface area contributed by atoms with Gasteiger partial charge in [0.05, 0.1) is 0 Å². The molecule has 3 fully saturated rings. The van der Waals surface area contributed by atoms with E-state index in [2.05, 4.69) is 6.92 Å². The topological polar surface area (TPSA) is 0 Å². The Balaban J connectivity index is 1.40. The largest absolute Gasteiger partial charge is 0.0651 e. The molecule has 0 aromatic carbocycles. The fourth-order valence-corrected chi connectivity index (χ4v) is 6.40. The molecule has 3 aliphatic carbocycles. The van der Waals surface area contributed by atoms with Crippen LogP contribution in [0.3, 0.4) is 0 Å². The van der Waals surface area contributed by atoms with Crippen molar-refractivity contribution in [1.29, 1.82) is 0 Å². The van der Waals surface area contributed by atoms with Crippen LogP contribution in [0.15, 0.2) is 0 Å². The van der Waals surface area contributed by atoms with E-state index in [1.165, 1.54) is 44.9 Å². The minimum Gasteiger partial charge on any atom is -0.0651 e. The summed E-state index contributed by atoms with van der Waals surface area (Å²) in [7, 11) is 0. The van der Waals surface area contributed by atoms with E-state index in [0.29, 0.717) is 0 Å². The first-order chi connectivity index (χ1) is 11.8. The Morgan fingerprint density at radius 1 is 0.458 bits per heavy atom. The molecule has 0 heteroatoms. The van der Waals surface area contributed by atoms with Crippen LogP contribution in [0, 0.1) is 29.6 Å². The van der Waals surface area contributed by atoms with Crippen LogP contribution in [-0.2, 0) is 0 Å². The van der Waals surface area contributed by atoms with Crippen LogP contribution in [0.5, 0.6) is 0 Å². The van der Waals surface area contributed by atoms with Crippen LogP contribution in [0.4, 0.5) is 0 Å². The summed E-state index contributed by atoms with van der Waals surface area (Å²) in [6.07, 6.45) is 27.8. The van der Waals surface area contributed by atoms with Crippen molar-refractivity contribution in [3.8, 4) is 0 Å². The highest BCUT2D eigenvalue weighted by Gasteiger charge is 2.29. The van der Waals surface area contributed by atoms with Gasteiger partial charge in [-0.3, -0.25) is 0 Å². The minimum atomic E-state index is 1.06. The highest BCUT2D eigenvalue weighted by atomic mass is 14.3. The zero-order chi connectivity index (χ0) is 16.6. The second-order valence-electron chi connectivity index (χ2n) is 9.88. The minimum absolute atomic E-state index is 1.06. The molecule has 0 heterocycles. The van der Waals surface area contributed by atoms with Crippen molar-refractivity contribution in [2.45, 2.75) is 122 Å². The number of rotatable bonds is 7. The van der Waals surface area contributed by atoms with Gasteiger partial charge >= 0.3 is 0 Å². The van der Waals surface area contributed by atoms with E-state index in [1.54, 1.807) is 70.6 Å². The molecule has 0 amide bonds. The first kappa shape index (κ1) is 18.8. The molecule has 0 nitrogen and oxygen atoms in total. The van der Waals surface area contributed by atoms with Gasteiger partial charge in [-0.25, -0.2) is 0 Å². The predicted octanol–water partition coefficient (Wildman–Crippen LogP) is 8.15. The van der Waals surface area contributed by atoms with E-state index in [9.17, 15) is 0 Å². The van der Waals surface area contributed by atoms with Crippen LogP contribution in [-0.4, -0.2) is 0 Å². The molecule has 0 radical (unpaired) electrons. The molecule has 0 saturated heterocycles. The van der Waals surface area contributed by atoms with Gasteiger partial charge < -0.3 is 0 Å². The molecular weight excluding hydrogens is 288 g/mol. The Labute approximate surface area is 152 Å². The van der Waals surface area contributed by atoms with E-state index in [0.717, 1.165) is 29.6 Å². The molecule has 0 aromatic heterocycles. The third kappa shape index (κ3) is 6.06. The summed E-state index contributed by atoms with van der Waals surface area (Å²) in [4.78, 5) is 0. The van der Waals surface area contributed by atoms with Gasteiger partial charge in [-0.1, -0.05) is 103 Å². The molecule has 0 N–H and O–H groups in total. The second-order valence-corrected chi connectivity index (χ2v) is 9.88. The van der Waals surface area contributed by atoms with Gasteiger partial charge in [-0.05, 0) is 48.9 Å². The fourth-order valence-electron chi connectivity index (χ4n) is 6.40. The Bertz CT molecular complexity index is 291. The fraction of sp³-hybridized carbons (Fsp3) is 1.00. The molecule has 24 heavy (non-hydrogen) atoms. The number of hydrogen-bond acceptors (Lipinski definition) is 0. The van der Waals surface area contributed by atoms with Crippen LogP contribution < -0.4 is 0 Å².